The van der Waals surface area contributed by atoms with Crippen molar-refractivity contribution < 1.29 is 24.2 Å². The highest BCUT2D eigenvalue weighted by Gasteiger charge is 2.43. The van der Waals surface area contributed by atoms with E-state index in [4.69, 9.17) is 9.47 Å². The topological polar surface area (TPSA) is 76.1 Å². The maximum atomic E-state index is 12.4. The van der Waals surface area contributed by atoms with Crippen LogP contribution in [0.3, 0.4) is 0 Å². The summed E-state index contributed by atoms with van der Waals surface area (Å²) >= 11 is 0. The highest BCUT2D eigenvalue weighted by atomic mass is 16.6. The number of rotatable bonds is 0. The minimum Gasteiger partial charge on any atom is -0.459 e. The van der Waals surface area contributed by atoms with Crippen molar-refractivity contribution in [1.82, 2.24) is 4.90 Å². The lowest BCUT2D eigenvalue weighted by atomic mass is 9.85. The van der Waals surface area contributed by atoms with Crippen molar-refractivity contribution in [2.45, 2.75) is 51.4 Å². The number of ether oxygens (including phenoxy) is 2. The summed E-state index contributed by atoms with van der Waals surface area (Å²) in [6.07, 6.45) is 4.48. The highest BCUT2D eigenvalue weighted by Crippen LogP contribution is 2.33. The number of hydrogen-bond acceptors (Lipinski definition) is 6. The van der Waals surface area contributed by atoms with Crippen LogP contribution in [0.5, 0.6) is 0 Å². The predicted molar refractivity (Wildman–Crippen MR) is 87.1 cm³/mol. The van der Waals surface area contributed by atoms with Gasteiger partial charge in [0.1, 0.15) is 12.7 Å². The third kappa shape index (κ3) is 3.13. The van der Waals surface area contributed by atoms with E-state index in [0.717, 1.165) is 30.7 Å². The Morgan fingerprint density at radius 3 is 2.88 bits per heavy atom. The van der Waals surface area contributed by atoms with Crippen molar-refractivity contribution in [2.75, 3.05) is 19.7 Å². The van der Waals surface area contributed by atoms with Gasteiger partial charge in [0.2, 0.25) is 0 Å². The first-order chi connectivity index (χ1) is 11.3. The molecule has 0 radical (unpaired) electrons. The number of hydrogen-bond donors (Lipinski definition) is 1. The Bertz CT molecular complexity index is 607. The zero-order valence-corrected chi connectivity index (χ0v) is 14.4. The fraction of sp³-hybridized carbons (Fsp3) is 0.667. The molecule has 3 aliphatic rings. The molecule has 24 heavy (non-hydrogen) atoms. The molecular formula is C18H25NO5. The van der Waals surface area contributed by atoms with E-state index in [9.17, 15) is 14.7 Å². The molecule has 0 aromatic rings. The zero-order chi connectivity index (χ0) is 17.5. The molecule has 3 aliphatic heterocycles. The van der Waals surface area contributed by atoms with Gasteiger partial charge >= 0.3 is 11.9 Å². The summed E-state index contributed by atoms with van der Waals surface area (Å²) in [7, 11) is 0. The van der Waals surface area contributed by atoms with Crippen molar-refractivity contribution in [3.05, 3.63) is 23.3 Å². The van der Waals surface area contributed by atoms with E-state index >= 15 is 0 Å². The van der Waals surface area contributed by atoms with Crippen LogP contribution in [0.15, 0.2) is 23.3 Å². The van der Waals surface area contributed by atoms with Gasteiger partial charge in [-0.1, -0.05) is 18.6 Å². The largest absolute Gasteiger partial charge is 0.459 e. The normalized spacial score (nSPS) is 40.2. The van der Waals surface area contributed by atoms with Gasteiger partial charge in [0, 0.05) is 19.2 Å². The third-order valence-electron chi connectivity index (χ3n) is 5.42. The predicted octanol–water partition coefficient (Wildman–Crippen LogP) is 1.19. The van der Waals surface area contributed by atoms with Gasteiger partial charge < -0.3 is 14.6 Å². The van der Waals surface area contributed by atoms with Gasteiger partial charge in [0.05, 0.1) is 6.04 Å². The van der Waals surface area contributed by atoms with Crippen molar-refractivity contribution in [2.24, 2.45) is 5.92 Å². The molecule has 132 valence electrons. The fourth-order valence-corrected chi connectivity index (χ4v) is 3.75. The molecule has 1 saturated heterocycles. The van der Waals surface area contributed by atoms with Gasteiger partial charge in [-0.25, -0.2) is 9.59 Å². The van der Waals surface area contributed by atoms with Crippen molar-refractivity contribution >= 4 is 11.9 Å². The molecule has 6 heteroatoms. The molecule has 0 aliphatic carbocycles. The lowest BCUT2D eigenvalue weighted by molar-refractivity contribution is -0.168. The second kappa shape index (κ2) is 6.33. The van der Waals surface area contributed by atoms with E-state index < -0.39 is 11.6 Å². The van der Waals surface area contributed by atoms with Crippen LogP contribution in [0, 0.1) is 5.92 Å². The first-order valence-corrected chi connectivity index (χ1v) is 8.49. The minimum atomic E-state index is -1.60. The minimum absolute atomic E-state index is 0.0291. The highest BCUT2D eigenvalue weighted by molar-refractivity contribution is 5.83. The van der Waals surface area contributed by atoms with Crippen LogP contribution in [-0.4, -0.2) is 59.4 Å². The number of carbonyl (C=O) groups excluding carboxylic acids is 2. The maximum absolute atomic E-state index is 12.4. The quantitative estimate of drug-likeness (QED) is 0.529. The third-order valence-corrected chi connectivity index (χ3v) is 5.42. The van der Waals surface area contributed by atoms with Gasteiger partial charge in [-0.3, -0.25) is 4.90 Å². The fourth-order valence-electron chi connectivity index (χ4n) is 3.75. The van der Waals surface area contributed by atoms with Crippen molar-refractivity contribution in [1.29, 1.82) is 0 Å². The van der Waals surface area contributed by atoms with Crippen LogP contribution in [-0.2, 0) is 19.1 Å². The SMILES string of the molecule is C/C1=C/C(=O)O[C@@H]2CCN3CC=C(COC(=O)[C@](C)(O)[C@H](C)C1)[C@H]23. The van der Waals surface area contributed by atoms with E-state index in [0.29, 0.717) is 6.42 Å². The van der Waals surface area contributed by atoms with Gasteiger partial charge in [-0.15, -0.1) is 0 Å². The van der Waals surface area contributed by atoms with Crippen LogP contribution in [0.25, 0.3) is 0 Å². The number of esters is 2. The molecule has 1 fully saturated rings. The second-order valence-corrected chi connectivity index (χ2v) is 7.30. The Labute approximate surface area is 142 Å². The Hall–Kier alpha value is -1.66. The smallest absolute Gasteiger partial charge is 0.338 e. The van der Waals surface area contributed by atoms with Crippen LogP contribution >= 0.6 is 0 Å². The molecule has 0 saturated carbocycles. The average Bonchev–Trinajstić information content (AvgIpc) is 3.06. The lowest BCUT2D eigenvalue weighted by Crippen LogP contribution is -2.44. The van der Waals surface area contributed by atoms with Crippen LogP contribution < -0.4 is 0 Å². The molecule has 0 aromatic carbocycles. The second-order valence-electron chi connectivity index (χ2n) is 7.30. The summed E-state index contributed by atoms with van der Waals surface area (Å²) in [6.45, 7) is 6.80. The van der Waals surface area contributed by atoms with E-state index in [1.54, 1.807) is 13.8 Å². The van der Waals surface area contributed by atoms with E-state index in [2.05, 4.69) is 4.90 Å². The molecule has 0 aromatic heterocycles. The summed E-state index contributed by atoms with van der Waals surface area (Å²) in [6, 6.07) is -0.0291. The lowest BCUT2D eigenvalue weighted by Gasteiger charge is -2.28. The summed E-state index contributed by atoms with van der Waals surface area (Å²) in [5.74, 6) is -1.35. The van der Waals surface area contributed by atoms with Crippen molar-refractivity contribution in [3.63, 3.8) is 0 Å². The molecule has 3 heterocycles. The number of cyclic esters (lactones) is 1. The number of nitrogens with zero attached hydrogens (tertiary/aromatic N) is 1. The molecule has 4 atom stereocenters. The number of carbonyl (C=O) groups is 2. The first-order valence-electron chi connectivity index (χ1n) is 8.49. The molecule has 6 nitrogen and oxygen atoms in total. The van der Waals surface area contributed by atoms with Crippen LogP contribution in [0.1, 0.15) is 33.6 Å². The Balaban J connectivity index is 1.88. The van der Waals surface area contributed by atoms with E-state index in [1.165, 1.54) is 13.0 Å². The summed E-state index contributed by atoms with van der Waals surface area (Å²) in [5.41, 5.74) is 0.125. The Morgan fingerprint density at radius 2 is 2.12 bits per heavy atom. The monoisotopic (exact) mass is 335 g/mol. The van der Waals surface area contributed by atoms with Gasteiger partial charge in [-0.05, 0) is 38.2 Å². The number of aliphatic hydroxyl groups is 1. The van der Waals surface area contributed by atoms with Crippen LogP contribution in [0.4, 0.5) is 0 Å². The Kier molecular flexibility index (Phi) is 4.53. The van der Waals surface area contributed by atoms with Crippen molar-refractivity contribution in [3.8, 4) is 0 Å². The molecular weight excluding hydrogens is 310 g/mol. The molecule has 0 bridgehead atoms. The zero-order valence-electron chi connectivity index (χ0n) is 14.4. The summed E-state index contributed by atoms with van der Waals surface area (Å²) < 4.78 is 11.1. The summed E-state index contributed by atoms with van der Waals surface area (Å²) in [5, 5.41) is 10.6. The summed E-state index contributed by atoms with van der Waals surface area (Å²) in [4.78, 5) is 26.8. The maximum Gasteiger partial charge on any atom is 0.338 e. The van der Waals surface area contributed by atoms with Gasteiger partial charge in [0.25, 0.3) is 0 Å². The molecule has 1 N–H and O–H groups in total. The number of allylic oxidation sites excluding steroid dienone is 1. The van der Waals surface area contributed by atoms with Gasteiger partial charge in [0.15, 0.2) is 5.60 Å². The molecule has 0 spiro atoms. The molecule has 3 rings (SSSR count). The van der Waals surface area contributed by atoms with Crippen LogP contribution in [0.2, 0.25) is 0 Å². The Morgan fingerprint density at radius 1 is 1.38 bits per heavy atom. The van der Waals surface area contributed by atoms with Gasteiger partial charge in [-0.2, -0.15) is 0 Å². The molecule has 0 amide bonds. The average molecular weight is 335 g/mol. The van der Waals surface area contributed by atoms with E-state index in [-0.39, 0.29) is 30.6 Å². The standard InChI is InChI=1S/C18H25NO5/c1-11-8-12(2)18(3,22)17(21)23-10-13-4-6-19-7-5-14(16(13)19)24-15(20)9-11/h4,9,12,14,16,22H,5-8,10H2,1-3H3/b11-9-/t12-,14-,16-,18-/m1/s1. The first kappa shape index (κ1) is 17.2. The molecule has 0 unspecified atom stereocenters. The van der Waals surface area contributed by atoms with E-state index in [1.807, 2.05) is 6.08 Å².